The van der Waals surface area contributed by atoms with Crippen molar-refractivity contribution in [1.29, 1.82) is 0 Å². The fraction of sp³-hybridized carbons (Fsp3) is 0.304. The molecule has 162 valence electrons. The molecule has 2 fully saturated rings. The van der Waals surface area contributed by atoms with Crippen LogP contribution in [0, 0.1) is 0 Å². The number of benzene rings is 1. The third-order valence-electron chi connectivity index (χ3n) is 6.09. The number of carbonyl (C=O) groups is 1. The van der Waals surface area contributed by atoms with Gasteiger partial charge in [0, 0.05) is 36.1 Å². The lowest BCUT2D eigenvalue weighted by molar-refractivity contribution is -0.117. The first-order valence-corrected chi connectivity index (χ1v) is 11.0. The highest BCUT2D eigenvalue weighted by Gasteiger charge is 2.33. The van der Waals surface area contributed by atoms with E-state index in [1.165, 1.54) is 12.8 Å². The summed E-state index contributed by atoms with van der Waals surface area (Å²) in [6.07, 6.45) is 5.99. The van der Waals surface area contributed by atoms with Gasteiger partial charge in [-0.3, -0.25) is 9.89 Å². The second kappa shape index (κ2) is 7.67. The number of aromatic amines is 1. The van der Waals surface area contributed by atoms with Gasteiger partial charge in [-0.15, -0.1) is 5.10 Å². The number of para-hydroxylation sites is 1. The molecule has 6 rings (SSSR count). The monoisotopic (exact) mass is 428 g/mol. The van der Waals surface area contributed by atoms with E-state index in [1.54, 1.807) is 4.52 Å². The van der Waals surface area contributed by atoms with E-state index >= 15 is 0 Å². The Bertz CT molecular complexity index is 1260. The van der Waals surface area contributed by atoms with Crippen molar-refractivity contribution in [2.24, 2.45) is 0 Å². The summed E-state index contributed by atoms with van der Waals surface area (Å²) in [6.45, 7) is 0.729. The van der Waals surface area contributed by atoms with Gasteiger partial charge in [-0.05, 0) is 49.9 Å². The van der Waals surface area contributed by atoms with Crippen molar-refractivity contribution in [3.63, 3.8) is 0 Å². The van der Waals surface area contributed by atoms with E-state index in [0.29, 0.717) is 17.7 Å². The molecule has 1 aliphatic heterocycles. The quantitative estimate of drug-likeness (QED) is 0.433. The summed E-state index contributed by atoms with van der Waals surface area (Å²) >= 11 is 0. The number of nitrogens with zero attached hydrogens (tertiary/aromatic N) is 5. The van der Waals surface area contributed by atoms with Gasteiger partial charge in [-0.25, -0.2) is 4.52 Å². The van der Waals surface area contributed by atoms with Gasteiger partial charge in [-0.1, -0.05) is 18.2 Å². The van der Waals surface area contributed by atoms with E-state index in [9.17, 15) is 4.79 Å². The maximum atomic E-state index is 13.0. The van der Waals surface area contributed by atoms with Gasteiger partial charge in [-0.2, -0.15) is 10.1 Å². The van der Waals surface area contributed by atoms with Crippen LogP contribution in [0.25, 0.3) is 5.52 Å². The molecular weight excluding hydrogens is 404 g/mol. The highest BCUT2D eigenvalue weighted by molar-refractivity contribution is 5.97. The van der Waals surface area contributed by atoms with Crippen LogP contribution < -0.4 is 15.5 Å². The van der Waals surface area contributed by atoms with Crippen LogP contribution in [-0.2, 0) is 4.79 Å². The van der Waals surface area contributed by atoms with Gasteiger partial charge in [0.2, 0.25) is 11.9 Å². The third-order valence-corrected chi connectivity index (χ3v) is 6.09. The van der Waals surface area contributed by atoms with Gasteiger partial charge in [0.15, 0.2) is 11.6 Å². The Morgan fingerprint density at radius 1 is 1.09 bits per heavy atom. The summed E-state index contributed by atoms with van der Waals surface area (Å²) in [4.78, 5) is 19.8. The Hall–Kier alpha value is -3.88. The number of amides is 1. The molecule has 1 saturated carbocycles. The molecule has 2 aliphatic rings. The number of hydrogen-bond acceptors (Lipinski definition) is 6. The average Bonchev–Trinajstić information content (AvgIpc) is 3.20. The zero-order valence-electron chi connectivity index (χ0n) is 17.5. The highest BCUT2D eigenvalue weighted by atomic mass is 16.2. The zero-order valence-corrected chi connectivity index (χ0v) is 17.5. The summed E-state index contributed by atoms with van der Waals surface area (Å²) in [5.74, 6) is 2.49. The number of carbonyl (C=O) groups excluding carboxylic acids is 1. The molecule has 1 aromatic carbocycles. The molecule has 3 N–H and O–H groups in total. The second-order valence-corrected chi connectivity index (χ2v) is 8.41. The van der Waals surface area contributed by atoms with Gasteiger partial charge in [0.05, 0.1) is 0 Å². The van der Waals surface area contributed by atoms with Crippen molar-refractivity contribution >= 4 is 34.7 Å². The van der Waals surface area contributed by atoms with E-state index in [-0.39, 0.29) is 11.9 Å². The molecular formula is C23H24N8O. The molecule has 1 unspecified atom stereocenters. The van der Waals surface area contributed by atoms with Crippen LogP contribution in [0.15, 0.2) is 54.7 Å². The first-order chi connectivity index (χ1) is 15.7. The molecule has 1 aliphatic carbocycles. The Morgan fingerprint density at radius 2 is 1.97 bits per heavy atom. The molecule has 0 bridgehead atoms. The van der Waals surface area contributed by atoms with Gasteiger partial charge in [0.1, 0.15) is 11.6 Å². The molecule has 4 aromatic rings. The third kappa shape index (κ3) is 3.55. The largest absolute Gasteiger partial charge is 0.327 e. The molecule has 9 heteroatoms. The number of H-pyrrole nitrogens is 1. The molecule has 4 heterocycles. The van der Waals surface area contributed by atoms with Gasteiger partial charge >= 0.3 is 0 Å². The van der Waals surface area contributed by atoms with Crippen LogP contribution in [0.1, 0.15) is 37.3 Å². The highest BCUT2D eigenvalue weighted by Crippen LogP contribution is 2.39. The standard InChI is InChI=1S/C23H24N8O/c32-22(24-16-6-2-1-3-7-16)19-9-4-12-30(19)23-26-21(18-8-5-13-31(18)29-23)25-20-14-17(27-28-20)15-10-11-15/h1-3,5-8,13-15,19H,4,9-12H2,(H,24,32)(H2,25,26,27,28,29). The predicted molar refractivity (Wildman–Crippen MR) is 122 cm³/mol. The van der Waals surface area contributed by atoms with Gasteiger partial charge in [0.25, 0.3) is 0 Å². The first-order valence-electron chi connectivity index (χ1n) is 11.0. The minimum atomic E-state index is -0.317. The molecule has 1 amide bonds. The zero-order chi connectivity index (χ0) is 21.5. The van der Waals surface area contributed by atoms with Crippen LogP contribution in [-0.4, -0.2) is 43.3 Å². The molecule has 32 heavy (non-hydrogen) atoms. The number of fused-ring (bicyclic) bond motifs is 1. The number of hydrogen-bond donors (Lipinski definition) is 3. The van der Waals surface area contributed by atoms with E-state index in [2.05, 4.69) is 25.9 Å². The summed E-state index contributed by atoms with van der Waals surface area (Å²) in [7, 11) is 0. The lowest BCUT2D eigenvalue weighted by Crippen LogP contribution is -2.40. The first kappa shape index (κ1) is 18.9. The molecule has 1 atom stereocenters. The minimum absolute atomic E-state index is 0.0409. The Balaban J connectivity index is 1.28. The summed E-state index contributed by atoms with van der Waals surface area (Å²) < 4.78 is 1.80. The van der Waals surface area contributed by atoms with Crippen LogP contribution in [0.5, 0.6) is 0 Å². The van der Waals surface area contributed by atoms with Crippen molar-refractivity contribution in [3.8, 4) is 0 Å². The van der Waals surface area contributed by atoms with Crippen LogP contribution in [0.2, 0.25) is 0 Å². The molecule has 9 nitrogen and oxygen atoms in total. The number of rotatable bonds is 6. The van der Waals surface area contributed by atoms with Crippen molar-refractivity contribution in [2.75, 3.05) is 22.1 Å². The predicted octanol–water partition coefficient (Wildman–Crippen LogP) is 3.68. The molecule has 1 saturated heterocycles. The Labute approximate surface area is 184 Å². The van der Waals surface area contributed by atoms with Crippen LogP contribution >= 0.6 is 0 Å². The van der Waals surface area contributed by atoms with Crippen molar-refractivity contribution in [2.45, 2.75) is 37.6 Å². The van der Waals surface area contributed by atoms with Crippen LogP contribution in [0.3, 0.4) is 0 Å². The molecule has 0 radical (unpaired) electrons. The Kier molecular flexibility index (Phi) is 4.52. The lowest BCUT2D eigenvalue weighted by atomic mass is 10.2. The van der Waals surface area contributed by atoms with Crippen molar-refractivity contribution in [1.82, 2.24) is 24.8 Å². The lowest BCUT2D eigenvalue weighted by Gasteiger charge is -2.24. The maximum Gasteiger partial charge on any atom is 0.247 e. The van der Waals surface area contributed by atoms with Gasteiger partial charge < -0.3 is 15.5 Å². The fourth-order valence-electron chi connectivity index (χ4n) is 4.29. The smallest absolute Gasteiger partial charge is 0.247 e. The maximum absolute atomic E-state index is 13.0. The van der Waals surface area contributed by atoms with Crippen molar-refractivity contribution in [3.05, 3.63) is 60.4 Å². The average molecular weight is 429 g/mol. The van der Waals surface area contributed by atoms with E-state index in [0.717, 1.165) is 42.1 Å². The second-order valence-electron chi connectivity index (χ2n) is 8.41. The van der Waals surface area contributed by atoms with Crippen molar-refractivity contribution < 1.29 is 4.79 Å². The van der Waals surface area contributed by atoms with E-state index in [1.807, 2.05) is 59.6 Å². The van der Waals surface area contributed by atoms with Crippen LogP contribution in [0.4, 0.5) is 23.3 Å². The molecule has 0 spiro atoms. The number of aromatic nitrogens is 5. The SMILES string of the molecule is O=C(Nc1ccccc1)C1CCCN1c1nc(Nc2cc(C3CC3)[nH]n2)c2cccn2n1. The van der Waals surface area contributed by atoms with E-state index in [4.69, 9.17) is 4.98 Å². The van der Waals surface area contributed by atoms with E-state index < -0.39 is 0 Å². The number of nitrogens with one attached hydrogen (secondary N) is 3. The molecule has 3 aromatic heterocycles. The minimum Gasteiger partial charge on any atom is -0.327 e. The Morgan fingerprint density at radius 3 is 2.81 bits per heavy atom. The summed E-state index contributed by atoms with van der Waals surface area (Å²) in [5, 5.41) is 18.6. The summed E-state index contributed by atoms with van der Waals surface area (Å²) in [6, 6.07) is 15.2. The number of anilines is 4. The summed E-state index contributed by atoms with van der Waals surface area (Å²) in [5.41, 5.74) is 2.80. The topological polar surface area (TPSA) is 103 Å². The normalized spacial score (nSPS) is 18.2. The fourth-order valence-corrected chi connectivity index (χ4v) is 4.29.